The summed E-state index contributed by atoms with van der Waals surface area (Å²) in [7, 11) is 0. The van der Waals surface area contributed by atoms with Crippen molar-refractivity contribution < 1.29 is 0 Å². The van der Waals surface area contributed by atoms with Crippen LogP contribution in [0.25, 0.3) is 0 Å². The highest BCUT2D eigenvalue weighted by molar-refractivity contribution is 8.19. The fraction of sp³-hybridized carbons (Fsp3) is 0.400. The zero-order chi connectivity index (χ0) is 10.9. The van der Waals surface area contributed by atoms with Gasteiger partial charge in [0.25, 0.3) is 0 Å². The van der Waals surface area contributed by atoms with Gasteiger partial charge in [-0.25, -0.2) is 0 Å². The van der Waals surface area contributed by atoms with Crippen molar-refractivity contribution in [1.82, 2.24) is 0 Å². The van der Waals surface area contributed by atoms with Gasteiger partial charge < -0.3 is 0 Å². The van der Waals surface area contributed by atoms with Gasteiger partial charge in [-0.15, -0.1) is 23.5 Å². The Morgan fingerprint density at radius 2 is 1.53 bits per heavy atom. The number of rotatable bonds is 1. The largest absolute Gasteiger partial charge is 0.216 e. The molecule has 1 aliphatic heterocycles. The van der Waals surface area contributed by atoms with Gasteiger partial charge in [0.05, 0.1) is 4.58 Å². The van der Waals surface area contributed by atoms with Crippen LogP contribution in [0, 0.1) is 0 Å². The SMILES string of the molecule is ClC(Cl)(Cl)c1ccc(C2SCCS2)cc1. The van der Waals surface area contributed by atoms with Gasteiger partial charge in [-0.3, -0.25) is 0 Å². The number of thioether (sulfide) groups is 2. The van der Waals surface area contributed by atoms with Crippen LogP contribution in [0.1, 0.15) is 15.7 Å². The number of benzene rings is 1. The summed E-state index contributed by atoms with van der Waals surface area (Å²) in [6.45, 7) is 0. The molecule has 15 heavy (non-hydrogen) atoms. The van der Waals surface area contributed by atoms with E-state index >= 15 is 0 Å². The molecule has 0 aromatic heterocycles. The first-order valence-electron chi connectivity index (χ1n) is 4.48. The molecule has 5 heteroatoms. The average molecular weight is 300 g/mol. The van der Waals surface area contributed by atoms with E-state index in [9.17, 15) is 0 Å². The van der Waals surface area contributed by atoms with E-state index < -0.39 is 3.79 Å². The van der Waals surface area contributed by atoms with Crippen LogP contribution in [0.4, 0.5) is 0 Å². The van der Waals surface area contributed by atoms with Gasteiger partial charge in [-0.05, 0) is 5.56 Å². The van der Waals surface area contributed by atoms with Crippen LogP contribution in [-0.2, 0) is 3.79 Å². The molecule has 1 saturated heterocycles. The molecule has 0 unspecified atom stereocenters. The molecule has 82 valence electrons. The fourth-order valence-electron chi connectivity index (χ4n) is 1.38. The summed E-state index contributed by atoms with van der Waals surface area (Å²) in [5.74, 6) is 2.45. The Hall–Kier alpha value is 0.790. The predicted molar refractivity (Wildman–Crippen MR) is 73.3 cm³/mol. The lowest BCUT2D eigenvalue weighted by Crippen LogP contribution is -1.99. The molecule has 1 aromatic rings. The van der Waals surface area contributed by atoms with E-state index in [1.54, 1.807) is 0 Å². The first-order valence-corrected chi connectivity index (χ1v) is 7.71. The first-order chi connectivity index (χ1) is 7.07. The highest BCUT2D eigenvalue weighted by atomic mass is 35.6. The molecule has 2 rings (SSSR count). The van der Waals surface area contributed by atoms with Crippen molar-refractivity contribution >= 4 is 58.3 Å². The van der Waals surface area contributed by atoms with Gasteiger partial charge in [0.1, 0.15) is 0 Å². The molecule has 0 spiro atoms. The van der Waals surface area contributed by atoms with Gasteiger partial charge in [0, 0.05) is 17.1 Å². The second-order valence-corrected chi connectivity index (χ2v) is 8.20. The Balaban J connectivity index is 2.16. The third kappa shape index (κ3) is 3.13. The third-order valence-corrected chi connectivity index (χ3v) is 5.89. The van der Waals surface area contributed by atoms with Crippen molar-refractivity contribution in [3.8, 4) is 0 Å². The van der Waals surface area contributed by atoms with Gasteiger partial charge in [-0.2, -0.15) is 0 Å². The quantitative estimate of drug-likeness (QED) is 0.670. The highest BCUT2D eigenvalue weighted by Crippen LogP contribution is 2.46. The molecule has 1 heterocycles. The Morgan fingerprint density at radius 3 is 2.00 bits per heavy atom. The summed E-state index contributed by atoms with van der Waals surface area (Å²) in [4.78, 5) is 0. The van der Waals surface area contributed by atoms with Crippen molar-refractivity contribution in [3.63, 3.8) is 0 Å². The average Bonchev–Trinajstić information content (AvgIpc) is 2.69. The second-order valence-electron chi connectivity index (χ2n) is 3.19. The Kier molecular flexibility index (Phi) is 4.06. The van der Waals surface area contributed by atoms with Gasteiger partial charge in [-0.1, -0.05) is 59.1 Å². The number of halogens is 3. The highest BCUT2D eigenvalue weighted by Gasteiger charge is 2.23. The number of hydrogen-bond donors (Lipinski definition) is 0. The van der Waals surface area contributed by atoms with Gasteiger partial charge >= 0.3 is 0 Å². The Bertz CT molecular complexity index is 326. The first kappa shape index (κ1) is 12.3. The minimum atomic E-state index is -1.31. The summed E-state index contributed by atoms with van der Waals surface area (Å²) >= 11 is 21.3. The van der Waals surface area contributed by atoms with Gasteiger partial charge in [0.2, 0.25) is 3.79 Å². The molecule has 1 aromatic carbocycles. The van der Waals surface area contributed by atoms with E-state index in [1.165, 1.54) is 17.1 Å². The Labute approximate surface area is 113 Å². The normalized spacial score (nSPS) is 18.3. The molecule has 1 aliphatic rings. The molecule has 0 amide bonds. The molecule has 0 N–H and O–H groups in total. The van der Waals surface area contributed by atoms with Crippen molar-refractivity contribution in [3.05, 3.63) is 35.4 Å². The van der Waals surface area contributed by atoms with Crippen LogP contribution < -0.4 is 0 Å². The summed E-state index contributed by atoms with van der Waals surface area (Å²) < 4.78 is -0.761. The topological polar surface area (TPSA) is 0 Å². The lowest BCUT2D eigenvalue weighted by molar-refractivity contribution is 1.22. The molecule has 0 nitrogen and oxygen atoms in total. The van der Waals surface area contributed by atoms with E-state index in [2.05, 4.69) is 0 Å². The van der Waals surface area contributed by atoms with E-state index in [-0.39, 0.29) is 0 Å². The van der Waals surface area contributed by atoms with Crippen molar-refractivity contribution in [2.75, 3.05) is 11.5 Å². The maximum atomic E-state index is 5.79. The minimum absolute atomic E-state index is 0.550. The Morgan fingerprint density at radius 1 is 1.00 bits per heavy atom. The van der Waals surface area contributed by atoms with Crippen molar-refractivity contribution in [2.45, 2.75) is 8.37 Å². The van der Waals surface area contributed by atoms with Crippen molar-refractivity contribution in [1.29, 1.82) is 0 Å². The molecular weight excluding hydrogens is 291 g/mol. The predicted octanol–water partition coefficient (Wildman–Crippen LogP) is 4.99. The van der Waals surface area contributed by atoms with E-state index in [0.717, 1.165) is 5.56 Å². The van der Waals surface area contributed by atoms with Crippen LogP contribution in [0.15, 0.2) is 24.3 Å². The summed E-state index contributed by atoms with van der Waals surface area (Å²) in [5.41, 5.74) is 2.03. The lowest BCUT2D eigenvalue weighted by Gasteiger charge is -2.13. The minimum Gasteiger partial charge on any atom is -0.142 e. The molecule has 1 fully saturated rings. The van der Waals surface area contributed by atoms with Crippen LogP contribution >= 0.6 is 58.3 Å². The summed E-state index contributed by atoms with van der Waals surface area (Å²) in [6, 6.07) is 7.88. The van der Waals surface area contributed by atoms with Crippen LogP contribution in [0.3, 0.4) is 0 Å². The van der Waals surface area contributed by atoms with E-state index in [0.29, 0.717) is 4.58 Å². The maximum absolute atomic E-state index is 5.79. The molecular formula is C10H9Cl3S2. The van der Waals surface area contributed by atoms with Gasteiger partial charge in [0.15, 0.2) is 0 Å². The molecule has 0 bridgehead atoms. The number of alkyl halides is 3. The summed E-state index contributed by atoms with van der Waals surface area (Å²) in [5, 5.41) is 0. The zero-order valence-corrected chi connectivity index (χ0v) is 11.7. The maximum Gasteiger partial charge on any atom is 0.216 e. The molecule has 0 atom stereocenters. The number of hydrogen-bond acceptors (Lipinski definition) is 2. The van der Waals surface area contributed by atoms with Crippen LogP contribution in [0.5, 0.6) is 0 Å². The summed E-state index contributed by atoms with van der Waals surface area (Å²) in [6.07, 6.45) is 0. The molecule has 0 aliphatic carbocycles. The lowest BCUT2D eigenvalue weighted by atomic mass is 10.2. The zero-order valence-electron chi connectivity index (χ0n) is 7.75. The van der Waals surface area contributed by atoms with E-state index in [1.807, 2.05) is 47.8 Å². The second kappa shape index (κ2) is 4.97. The fourth-order valence-corrected chi connectivity index (χ4v) is 4.62. The third-order valence-electron chi connectivity index (χ3n) is 2.13. The van der Waals surface area contributed by atoms with E-state index in [4.69, 9.17) is 34.8 Å². The standard InChI is InChI=1S/C10H9Cl3S2/c11-10(12,13)8-3-1-7(2-4-8)9-14-5-6-15-9/h1-4,9H,5-6H2. The smallest absolute Gasteiger partial charge is 0.142 e. The van der Waals surface area contributed by atoms with Crippen molar-refractivity contribution in [2.24, 2.45) is 0 Å². The molecule has 0 radical (unpaired) electrons. The monoisotopic (exact) mass is 298 g/mol. The van der Waals surface area contributed by atoms with Crippen LogP contribution in [-0.4, -0.2) is 11.5 Å². The molecule has 0 saturated carbocycles. The van der Waals surface area contributed by atoms with Crippen LogP contribution in [0.2, 0.25) is 0 Å².